The molecular weight excluding hydrogens is 524 g/mol. The van der Waals surface area contributed by atoms with Crippen LogP contribution in [0.5, 0.6) is 0 Å². The molecule has 4 N–H and O–H groups in total. The molecule has 3 heterocycles. The first-order valence-electron chi connectivity index (χ1n) is 13.5. The van der Waals surface area contributed by atoms with Crippen LogP contribution in [0.2, 0.25) is 0 Å². The number of rotatable bonds is 9. The van der Waals surface area contributed by atoms with E-state index in [0.717, 1.165) is 30.7 Å². The van der Waals surface area contributed by atoms with Crippen LogP contribution < -0.4 is 10.6 Å². The van der Waals surface area contributed by atoms with Crippen molar-refractivity contribution in [3.05, 3.63) is 53.5 Å². The predicted molar refractivity (Wildman–Crippen MR) is 141 cm³/mol. The molecule has 0 radical (unpaired) electrons. The van der Waals surface area contributed by atoms with Crippen LogP contribution in [0.1, 0.15) is 40.9 Å². The number of hydrogen-bond donors (Lipinski definition) is 4. The number of piperidine rings is 1. The summed E-state index contributed by atoms with van der Waals surface area (Å²) in [5.74, 6) is -4.64. The minimum absolute atomic E-state index is 0.00823. The molecule has 5 rings (SSSR count). The number of hydrogen-bond acceptors (Lipinski definition) is 9. The summed E-state index contributed by atoms with van der Waals surface area (Å²) >= 11 is 0. The molecule has 2 atom stereocenters. The number of β-amino-alcohol motifs (C(OH)–C–C–N with tert-alkyl or cyclic N) is 1. The molecular formula is C27H33F2N7O4. The molecule has 214 valence electrons. The molecule has 1 aliphatic carbocycles. The maximum atomic E-state index is 15.0. The average Bonchev–Trinajstić information content (AvgIpc) is 3.78. The predicted octanol–water partition coefficient (Wildman–Crippen LogP) is 1.51. The zero-order valence-corrected chi connectivity index (χ0v) is 22.0. The molecule has 2 fully saturated rings. The molecule has 40 heavy (non-hydrogen) atoms. The number of halogens is 2. The fourth-order valence-electron chi connectivity index (χ4n) is 5.22. The lowest BCUT2D eigenvalue weighted by molar-refractivity contribution is -0.136. The second-order valence-electron chi connectivity index (χ2n) is 10.6. The van der Waals surface area contributed by atoms with E-state index in [1.54, 1.807) is 0 Å². The van der Waals surface area contributed by atoms with Crippen LogP contribution in [-0.4, -0.2) is 98.4 Å². The fraction of sp³-hybridized carbons (Fsp3) is 0.519. The van der Waals surface area contributed by atoms with E-state index in [4.69, 9.17) is 5.21 Å². The summed E-state index contributed by atoms with van der Waals surface area (Å²) in [4.78, 5) is 36.3. The number of oxime groups is 1. The van der Waals surface area contributed by atoms with Crippen LogP contribution >= 0.6 is 0 Å². The molecule has 2 amide bonds. The number of likely N-dealkylation sites (tertiary alicyclic amines) is 1. The van der Waals surface area contributed by atoms with E-state index < -0.39 is 36.4 Å². The summed E-state index contributed by atoms with van der Waals surface area (Å²) in [5.41, 5.74) is 2.45. The van der Waals surface area contributed by atoms with Gasteiger partial charge in [-0.3, -0.25) is 14.5 Å². The summed E-state index contributed by atoms with van der Waals surface area (Å²) < 4.78 is 30.0. The highest BCUT2D eigenvalue weighted by atomic mass is 19.3. The van der Waals surface area contributed by atoms with Gasteiger partial charge in [-0.15, -0.1) is 0 Å². The monoisotopic (exact) mass is 557 g/mol. The number of anilines is 1. The van der Waals surface area contributed by atoms with Gasteiger partial charge in [-0.1, -0.05) is 29.4 Å². The number of nitrogens with one attached hydrogen (secondary N) is 2. The summed E-state index contributed by atoms with van der Waals surface area (Å²) in [6, 6.07) is 8.15. The molecule has 0 spiro atoms. The average molecular weight is 558 g/mol. The molecule has 2 aromatic rings. The fourth-order valence-corrected chi connectivity index (χ4v) is 5.22. The van der Waals surface area contributed by atoms with E-state index in [-0.39, 0.29) is 42.7 Å². The van der Waals surface area contributed by atoms with Crippen LogP contribution in [0.3, 0.4) is 0 Å². The van der Waals surface area contributed by atoms with Gasteiger partial charge >= 0.3 is 0 Å². The maximum absolute atomic E-state index is 15.0. The Morgan fingerprint density at radius 1 is 1.15 bits per heavy atom. The zero-order valence-electron chi connectivity index (χ0n) is 22.0. The van der Waals surface area contributed by atoms with Gasteiger partial charge in [0.1, 0.15) is 23.6 Å². The zero-order chi connectivity index (χ0) is 28.3. The highest BCUT2D eigenvalue weighted by Crippen LogP contribution is 2.34. The first kappa shape index (κ1) is 27.8. The number of aliphatic hydroxyl groups is 1. The summed E-state index contributed by atoms with van der Waals surface area (Å²) in [5, 5.41) is 28.0. The molecule has 1 saturated heterocycles. The smallest absolute Gasteiger partial charge is 0.285 e. The largest absolute Gasteiger partial charge is 0.410 e. The van der Waals surface area contributed by atoms with Gasteiger partial charge < -0.3 is 25.8 Å². The number of aliphatic hydroxyl groups excluding tert-OH is 1. The van der Waals surface area contributed by atoms with Gasteiger partial charge in [0.25, 0.3) is 17.7 Å². The van der Waals surface area contributed by atoms with Crippen molar-refractivity contribution in [2.24, 2.45) is 11.1 Å². The Morgan fingerprint density at radius 2 is 1.93 bits per heavy atom. The van der Waals surface area contributed by atoms with Crippen molar-refractivity contribution in [2.45, 2.75) is 50.3 Å². The Balaban J connectivity index is 1.11. The third-order valence-corrected chi connectivity index (χ3v) is 7.58. The van der Waals surface area contributed by atoms with Crippen molar-refractivity contribution < 1.29 is 28.7 Å². The van der Waals surface area contributed by atoms with Crippen LogP contribution in [0.15, 0.2) is 41.8 Å². The SMILES string of the molecule is O=C(NC[C@H](O)CN1CCc2ccccc2C1)c1cc(NC2CCN(C(=O)/C(=N\O)C3CC3)CC2(F)F)ncn1. The molecule has 1 aromatic heterocycles. The molecule has 1 unspecified atom stereocenters. The lowest BCUT2D eigenvalue weighted by Crippen LogP contribution is -2.57. The third-order valence-electron chi connectivity index (χ3n) is 7.58. The molecule has 1 saturated carbocycles. The molecule has 13 heteroatoms. The van der Waals surface area contributed by atoms with Gasteiger partial charge in [-0.25, -0.2) is 18.7 Å². The molecule has 1 aromatic carbocycles. The Hall–Kier alpha value is -3.71. The van der Waals surface area contributed by atoms with Crippen LogP contribution in [-0.2, 0) is 17.8 Å². The normalized spacial score (nSPS) is 21.8. The number of benzene rings is 1. The van der Waals surface area contributed by atoms with E-state index in [1.807, 2.05) is 12.1 Å². The van der Waals surface area contributed by atoms with Crippen LogP contribution in [0.4, 0.5) is 14.6 Å². The molecule has 3 aliphatic rings. The lowest BCUT2D eigenvalue weighted by atomic mass is 9.99. The highest BCUT2D eigenvalue weighted by Gasteiger charge is 2.48. The Bertz CT molecular complexity index is 1270. The number of nitrogens with zero attached hydrogens (tertiary/aromatic N) is 5. The standard InChI is InChI=1S/C27H33F2N7O4/c28-27(29)15-36(26(39)24(34-40)18-5-6-18)10-8-22(27)33-23-11-21(31-16-32-23)25(38)30-12-20(37)14-35-9-7-17-3-1-2-4-19(17)13-35/h1-4,11,16,18,20,22,37,40H,5-10,12-15H2,(H,30,38)(H,31,32,33)/b34-24-/t20-,22?/m0/s1. The number of amides is 2. The lowest BCUT2D eigenvalue weighted by Gasteiger charge is -2.38. The van der Waals surface area contributed by atoms with Gasteiger partial charge in [-0.05, 0) is 36.8 Å². The van der Waals surface area contributed by atoms with E-state index in [1.165, 1.54) is 17.2 Å². The first-order valence-corrected chi connectivity index (χ1v) is 13.5. The second-order valence-corrected chi connectivity index (χ2v) is 10.6. The maximum Gasteiger partial charge on any atom is 0.285 e. The quantitative estimate of drug-likeness (QED) is 0.207. The van der Waals surface area contributed by atoms with Crippen LogP contribution in [0, 0.1) is 5.92 Å². The summed E-state index contributed by atoms with van der Waals surface area (Å²) in [7, 11) is 0. The molecule has 2 aliphatic heterocycles. The Kier molecular flexibility index (Phi) is 8.22. The Morgan fingerprint density at radius 3 is 2.65 bits per heavy atom. The van der Waals surface area contributed by atoms with Crippen molar-refractivity contribution in [3.8, 4) is 0 Å². The van der Waals surface area contributed by atoms with Crippen molar-refractivity contribution in [1.29, 1.82) is 0 Å². The number of aromatic nitrogens is 2. The van der Waals surface area contributed by atoms with Crippen molar-refractivity contribution >= 4 is 23.3 Å². The van der Waals surface area contributed by atoms with Gasteiger partial charge in [0.15, 0.2) is 0 Å². The van der Waals surface area contributed by atoms with Gasteiger partial charge in [0.2, 0.25) is 0 Å². The van der Waals surface area contributed by atoms with Gasteiger partial charge in [-0.2, -0.15) is 0 Å². The number of alkyl halides is 2. The van der Waals surface area contributed by atoms with E-state index >= 15 is 0 Å². The van der Waals surface area contributed by atoms with Gasteiger partial charge in [0.05, 0.1) is 18.7 Å². The molecule has 11 nitrogen and oxygen atoms in total. The third kappa shape index (κ3) is 6.53. The second kappa shape index (κ2) is 11.8. The molecule has 0 bridgehead atoms. The van der Waals surface area contributed by atoms with Crippen LogP contribution in [0.25, 0.3) is 0 Å². The van der Waals surface area contributed by atoms with Crippen molar-refractivity contribution in [2.75, 3.05) is 38.0 Å². The minimum Gasteiger partial charge on any atom is -0.410 e. The minimum atomic E-state index is -3.29. The number of carbonyl (C=O) groups is 2. The van der Waals surface area contributed by atoms with Crippen molar-refractivity contribution in [3.63, 3.8) is 0 Å². The highest BCUT2D eigenvalue weighted by molar-refractivity contribution is 6.40. The number of carbonyl (C=O) groups excluding carboxylic acids is 2. The van der Waals surface area contributed by atoms with E-state index in [2.05, 4.69) is 42.8 Å². The topological polar surface area (TPSA) is 143 Å². The summed E-state index contributed by atoms with van der Waals surface area (Å²) in [6.45, 7) is 1.18. The van der Waals surface area contributed by atoms with Gasteiger partial charge in [0, 0.05) is 44.7 Å². The summed E-state index contributed by atoms with van der Waals surface area (Å²) in [6.07, 6.45) is 2.55. The van der Waals surface area contributed by atoms with E-state index in [0.29, 0.717) is 19.4 Å². The van der Waals surface area contributed by atoms with Crippen molar-refractivity contribution in [1.82, 2.24) is 25.1 Å². The Labute approximate surface area is 230 Å². The first-order chi connectivity index (χ1) is 19.2. The number of fused-ring (bicyclic) bond motifs is 1. The van der Waals surface area contributed by atoms with E-state index in [9.17, 15) is 23.5 Å².